The largest absolute Gasteiger partial charge is 0.464 e. The molecule has 2 aromatic rings. The van der Waals surface area contributed by atoms with Crippen molar-refractivity contribution >= 4 is 16.9 Å². The fourth-order valence-corrected chi connectivity index (χ4v) is 3.30. The average molecular weight is 329 g/mol. The van der Waals surface area contributed by atoms with E-state index < -0.39 is 12.0 Å². The van der Waals surface area contributed by atoms with Gasteiger partial charge >= 0.3 is 5.97 Å². The predicted octanol–water partition coefficient (Wildman–Crippen LogP) is 2.40. The van der Waals surface area contributed by atoms with Crippen molar-refractivity contribution in [2.45, 2.75) is 25.3 Å². The number of carbonyl (C=O) groups excluding carboxylic acids is 1. The zero-order chi connectivity index (χ0) is 16.9. The topological polar surface area (TPSA) is 72.7 Å². The number of aromatic nitrogens is 1. The monoisotopic (exact) mass is 329 g/mol. The summed E-state index contributed by atoms with van der Waals surface area (Å²) in [5.41, 5.74) is 2.01. The molecule has 3 rings (SSSR count). The van der Waals surface area contributed by atoms with Gasteiger partial charge in [0.1, 0.15) is 0 Å². The van der Waals surface area contributed by atoms with E-state index in [0.29, 0.717) is 12.5 Å². The highest BCUT2D eigenvalue weighted by atomic mass is 16.5. The van der Waals surface area contributed by atoms with Gasteiger partial charge in [0.15, 0.2) is 6.04 Å². The van der Waals surface area contributed by atoms with Crippen LogP contribution in [0, 0.1) is 10.8 Å². The van der Waals surface area contributed by atoms with Gasteiger partial charge in [-0.15, -0.1) is 4.91 Å². The van der Waals surface area contributed by atoms with Gasteiger partial charge in [-0.1, -0.05) is 23.4 Å². The molecule has 24 heavy (non-hydrogen) atoms. The number of piperidine rings is 1. The molecule has 0 saturated carbocycles. The summed E-state index contributed by atoms with van der Waals surface area (Å²) in [7, 11) is 1.95. The summed E-state index contributed by atoms with van der Waals surface area (Å²) in [6.45, 7) is 2.28. The molecule has 1 N–H and O–H groups in total. The Balaban J connectivity index is 1.64. The molecule has 1 aromatic heterocycles. The van der Waals surface area contributed by atoms with E-state index in [1.807, 2.05) is 42.1 Å². The van der Waals surface area contributed by atoms with Crippen LogP contribution in [0.3, 0.4) is 0 Å². The van der Waals surface area contributed by atoms with Crippen molar-refractivity contribution in [3.05, 3.63) is 40.9 Å². The standard InChI is InChI=1S/C18H23N3O3/c1-21-11-14(15-4-2-3-5-17(15)21)10-16(20-23)18(22)24-12-13-6-8-19-9-7-13/h2-5,11,13,16,19H,6-10,12H2,1H3/t16-/m1/s1. The third kappa shape index (κ3) is 3.64. The van der Waals surface area contributed by atoms with Crippen molar-refractivity contribution in [2.24, 2.45) is 18.1 Å². The van der Waals surface area contributed by atoms with Crippen LogP contribution < -0.4 is 5.32 Å². The molecule has 0 spiro atoms. The van der Waals surface area contributed by atoms with E-state index in [2.05, 4.69) is 10.5 Å². The van der Waals surface area contributed by atoms with E-state index >= 15 is 0 Å². The first-order valence-corrected chi connectivity index (χ1v) is 8.42. The Bertz CT molecular complexity index is 719. The molecule has 0 aliphatic carbocycles. The number of para-hydroxylation sites is 1. The van der Waals surface area contributed by atoms with Crippen LogP contribution in [-0.2, 0) is 23.0 Å². The third-order valence-corrected chi connectivity index (χ3v) is 4.71. The Labute approximate surface area is 141 Å². The number of nitrogens with one attached hydrogen (secondary N) is 1. The highest BCUT2D eigenvalue weighted by Gasteiger charge is 2.25. The van der Waals surface area contributed by atoms with Gasteiger partial charge in [-0.3, -0.25) is 0 Å². The number of hydrogen-bond acceptors (Lipinski definition) is 5. The maximum atomic E-state index is 12.2. The number of benzene rings is 1. The number of esters is 1. The average Bonchev–Trinajstić information content (AvgIpc) is 2.94. The predicted molar refractivity (Wildman–Crippen MR) is 92.8 cm³/mol. The summed E-state index contributed by atoms with van der Waals surface area (Å²) >= 11 is 0. The summed E-state index contributed by atoms with van der Waals surface area (Å²) in [5, 5.41) is 7.34. The molecule has 1 saturated heterocycles. The van der Waals surface area contributed by atoms with Gasteiger partial charge in [0.2, 0.25) is 0 Å². The van der Waals surface area contributed by atoms with E-state index in [9.17, 15) is 9.70 Å². The lowest BCUT2D eigenvalue weighted by molar-refractivity contribution is -0.146. The molecule has 2 heterocycles. The fraction of sp³-hybridized carbons (Fsp3) is 0.500. The number of hydrogen-bond donors (Lipinski definition) is 1. The molecule has 1 atom stereocenters. The van der Waals surface area contributed by atoms with Gasteiger partial charge in [0, 0.05) is 30.6 Å². The number of carbonyl (C=O) groups is 1. The second kappa shape index (κ2) is 7.57. The highest BCUT2D eigenvalue weighted by molar-refractivity contribution is 5.85. The van der Waals surface area contributed by atoms with Crippen molar-refractivity contribution in [1.82, 2.24) is 9.88 Å². The maximum Gasteiger partial charge on any atom is 0.334 e. The molecule has 0 bridgehead atoms. The van der Waals surface area contributed by atoms with Crippen molar-refractivity contribution in [3.63, 3.8) is 0 Å². The summed E-state index contributed by atoms with van der Waals surface area (Å²) in [6, 6.07) is 6.93. The van der Waals surface area contributed by atoms with Crippen LogP contribution in [0.15, 0.2) is 35.6 Å². The van der Waals surface area contributed by atoms with E-state index in [1.165, 1.54) is 0 Å². The van der Waals surface area contributed by atoms with Crippen LogP contribution >= 0.6 is 0 Å². The first kappa shape index (κ1) is 16.6. The van der Waals surface area contributed by atoms with Crippen molar-refractivity contribution < 1.29 is 9.53 Å². The summed E-state index contributed by atoms with van der Waals surface area (Å²) in [5.74, 6) is -0.142. The molecule has 6 nitrogen and oxygen atoms in total. The Morgan fingerprint density at radius 3 is 2.88 bits per heavy atom. The zero-order valence-corrected chi connectivity index (χ0v) is 13.9. The molecule has 6 heteroatoms. The first-order valence-electron chi connectivity index (χ1n) is 8.42. The molecule has 1 aliphatic heterocycles. The summed E-state index contributed by atoms with van der Waals surface area (Å²) < 4.78 is 7.35. The van der Waals surface area contributed by atoms with Crippen LogP contribution in [0.2, 0.25) is 0 Å². The highest BCUT2D eigenvalue weighted by Crippen LogP contribution is 2.22. The first-order chi connectivity index (χ1) is 11.7. The maximum absolute atomic E-state index is 12.2. The summed E-state index contributed by atoms with van der Waals surface area (Å²) in [6.07, 6.45) is 4.21. The van der Waals surface area contributed by atoms with Crippen molar-refractivity contribution in [3.8, 4) is 0 Å². The van der Waals surface area contributed by atoms with Gasteiger partial charge in [0.25, 0.3) is 0 Å². The lowest BCUT2D eigenvalue weighted by Crippen LogP contribution is -2.32. The second-order valence-corrected chi connectivity index (χ2v) is 6.43. The Kier molecular flexibility index (Phi) is 5.25. The molecule has 0 radical (unpaired) electrons. The van der Waals surface area contributed by atoms with Crippen molar-refractivity contribution in [2.75, 3.05) is 19.7 Å². The SMILES string of the molecule is Cn1cc(C[C@@H](N=O)C(=O)OCC2CCNCC2)c2ccccc21. The van der Waals surface area contributed by atoms with Gasteiger partial charge in [-0.25, -0.2) is 4.79 Å². The number of ether oxygens (including phenoxy) is 1. The zero-order valence-electron chi connectivity index (χ0n) is 13.9. The number of fused-ring (bicyclic) bond motifs is 1. The number of nitrogens with zero attached hydrogens (tertiary/aromatic N) is 2. The van der Waals surface area contributed by atoms with Crippen molar-refractivity contribution in [1.29, 1.82) is 0 Å². The molecule has 1 aliphatic rings. The van der Waals surface area contributed by atoms with Crippen LogP contribution in [0.1, 0.15) is 18.4 Å². The second-order valence-electron chi connectivity index (χ2n) is 6.43. The van der Waals surface area contributed by atoms with Crippen LogP contribution in [0.5, 0.6) is 0 Å². The number of rotatable bonds is 6. The van der Waals surface area contributed by atoms with Gasteiger partial charge in [-0.05, 0) is 43.5 Å². The van der Waals surface area contributed by atoms with Gasteiger partial charge in [-0.2, -0.15) is 0 Å². The Hall–Kier alpha value is -2.21. The Morgan fingerprint density at radius 2 is 2.12 bits per heavy atom. The smallest absolute Gasteiger partial charge is 0.334 e. The molecule has 128 valence electrons. The molecule has 0 unspecified atom stereocenters. The van der Waals surface area contributed by atoms with E-state index in [1.54, 1.807) is 0 Å². The molecule has 0 amide bonds. The van der Waals surface area contributed by atoms with Gasteiger partial charge in [0.05, 0.1) is 6.61 Å². The minimum absolute atomic E-state index is 0.274. The Morgan fingerprint density at radius 1 is 1.38 bits per heavy atom. The van der Waals surface area contributed by atoms with Crippen LogP contribution in [-0.4, -0.2) is 36.3 Å². The van der Waals surface area contributed by atoms with E-state index in [0.717, 1.165) is 42.4 Å². The lowest BCUT2D eigenvalue weighted by atomic mass is 9.99. The lowest BCUT2D eigenvalue weighted by Gasteiger charge is -2.22. The van der Waals surface area contributed by atoms with Crippen LogP contribution in [0.25, 0.3) is 10.9 Å². The quantitative estimate of drug-likeness (QED) is 0.652. The molecular weight excluding hydrogens is 306 g/mol. The minimum atomic E-state index is -0.988. The number of aryl methyl sites for hydroxylation is 1. The molecule has 1 aromatic carbocycles. The normalized spacial score (nSPS) is 16.9. The van der Waals surface area contributed by atoms with E-state index in [-0.39, 0.29) is 6.42 Å². The van der Waals surface area contributed by atoms with Crippen LogP contribution in [0.4, 0.5) is 0 Å². The third-order valence-electron chi connectivity index (χ3n) is 4.71. The number of nitroso groups, excluding NO2 is 1. The molecular formula is C18H23N3O3. The minimum Gasteiger partial charge on any atom is -0.464 e. The summed E-state index contributed by atoms with van der Waals surface area (Å²) in [4.78, 5) is 23.4. The van der Waals surface area contributed by atoms with E-state index in [4.69, 9.17) is 4.74 Å². The fourth-order valence-electron chi connectivity index (χ4n) is 3.30. The molecule has 1 fully saturated rings. The van der Waals surface area contributed by atoms with Gasteiger partial charge < -0.3 is 14.6 Å².